The van der Waals surface area contributed by atoms with Gasteiger partial charge in [-0.05, 0) is 74.8 Å². The number of esters is 1. The molecule has 0 unspecified atom stereocenters. The summed E-state index contributed by atoms with van der Waals surface area (Å²) in [6, 6.07) is 3.85. The Kier molecular flexibility index (Phi) is 7.10. The van der Waals surface area contributed by atoms with E-state index in [9.17, 15) is 4.79 Å². The molecule has 144 valence electrons. The first-order valence-electron chi connectivity index (χ1n) is 10.9. The highest BCUT2D eigenvalue weighted by Crippen LogP contribution is 2.42. The second-order valence-corrected chi connectivity index (χ2v) is 8.46. The Labute approximate surface area is 158 Å². The fourth-order valence-corrected chi connectivity index (χ4v) is 4.97. The molecule has 0 atom stereocenters. The summed E-state index contributed by atoms with van der Waals surface area (Å²) in [4.78, 5) is 16.9. The highest BCUT2D eigenvalue weighted by molar-refractivity contribution is 5.75. The Morgan fingerprint density at radius 1 is 1.00 bits per heavy atom. The molecule has 2 aliphatic carbocycles. The summed E-state index contributed by atoms with van der Waals surface area (Å²) in [6.45, 7) is 4.47. The van der Waals surface area contributed by atoms with E-state index in [2.05, 4.69) is 18.8 Å². The van der Waals surface area contributed by atoms with Gasteiger partial charge in [0.05, 0.1) is 12.1 Å². The van der Waals surface area contributed by atoms with E-state index >= 15 is 0 Å². The molecule has 0 bridgehead atoms. The predicted molar refractivity (Wildman–Crippen MR) is 105 cm³/mol. The summed E-state index contributed by atoms with van der Waals surface area (Å²) < 4.78 is 5.59. The van der Waals surface area contributed by atoms with Crippen LogP contribution in [-0.2, 0) is 11.2 Å². The van der Waals surface area contributed by atoms with Gasteiger partial charge in [-0.2, -0.15) is 0 Å². The lowest BCUT2D eigenvalue weighted by Crippen LogP contribution is -2.30. The van der Waals surface area contributed by atoms with Crippen molar-refractivity contribution in [2.75, 3.05) is 0 Å². The molecule has 0 aromatic carbocycles. The van der Waals surface area contributed by atoms with Gasteiger partial charge in [-0.3, -0.25) is 9.78 Å². The Bertz CT molecular complexity index is 552. The van der Waals surface area contributed by atoms with E-state index in [4.69, 9.17) is 4.74 Å². The largest absolute Gasteiger partial charge is 0.425 e. The molecular formula is C23H35NO2. The lowest BCUT2D eigenvalue weighted by molar-refractivity contribution is -0.140. The fourth-order valence-electron chi connectivity index (χ4n) is 4.97. The number of hydrogen-bond acceptors (Lipinski definition) is 3. The zero-order valence-electron chi connectivity index (χ0n) is 16.6. The molecule has 0 saturated heterocycles. The Hall–Kier alpha value is -1.38. The first-order chi connectivity index (χ1) is 12.7. The smallest absolute Gasteiger partial charge is 0.314 e. The fraction of sp³-hybridized carbons (Fsp3) is 0.739. The lowest BCUT2D eigenvalue weighted by Gasteiger charge is -2.37. The molecule has 1 heterocycles. The number of rotatable bonds is 6. The predicted octanol–water partition coefficient (Wildman–Crippen LogP) is 5.96. The number of carbonyl (C=O) groups is 1. The first-order valence-corrected chi connectivity index (χ1v) is 10.9. The Balaban J connectivity index is 1.43. The Morgan fingerprint density at radius 2 is 1.65 bits per heavy atom. The molecule has 2 aliphatic rings. The molecule has 2 fully saturated rings. The van der Waals surface area contributed by atoms with Crippen LogP contribution in [0.15, 0.2) is 18.3 Å². The van der Waals surface area contributed by atoms with Crippen LogP contribution in [0, 0.1) is 23.7 Å². The van der Waals surface area contributed by atoms with Crippen LogP contribution in [0.1, 0.15) is 83.7 Å². The number of pyridine rings is 1. The number of aryl methyl sites for hydroxylation is 1. The molecule has 1 aromatic heterocycles. The highest BCUT2D eigenvalue weighted by Gasteiger charge is 2.33. The molecule has 3 nitrogen and oxygen atoms in total. The number of nitrogens with zero attached hydrogens (tertiary/aromatic N) is 1. The molecule has 0 spiro atoms. The number of carbonyl (C=O) groups excluding carboxylic acids is 1. The summed E-state index contributed by atoms with van der Waals surface area (Å²) in [5.74, 6) is 3.33. The minimum atomic E-state index is -0.0526. The molecule has 0 radical (unpaired) electrons. The maximum atomic E-state index is 12.5. The van der Waals surface area contributed by atoms with Crippen molar-refractivity contribution < 1.29 is 9.53 Å². The van der Waals surface area contributed by atoms with Gasteiger partial charge in [-0.1, -0.05) is 39.5 Å². The lowest BCUT2D eigenvalue weighted by atomic mass is 9.69. The van der Waals surface area contributed by atoms with Gasteiger partial charge in [-0.25, -0.2) is 0 Å². The topological polar surface area (TPSA) is 39.2 Å². The number of ether oxygens (including phenoxy) is 1. The highest BCUT2D eigenvalue weighted by atomic mass is 16.5. The van der Waals surface area contributed by atoms with Gasteiger partial charge >= 0.3 is 5.97 Å². The van der Waals surface area contributed by atoms with Gasteiger partial charge < -0.3 is 4.74 Å². The molecule has 3 rings (SSSR count). The number of hydrogen-bond donors (Lipinski definition) is 0. The van der Waals surface area contributed by atoms with Gasteiger partial charge in [-0.15, -0.1) is 0 Å². The van der Waals surface area contributed by atoms with Crippen molar-refractivity contribution in [2.24, 2.45) is 23.7 Å². The average molecular weight is 358 g/mol. The van der Waals surface area contributed by atoms with E-state index < -0.39 is 0 Å². The standard InChI is InChI=1S/C23H35NO2/c1-3-5-21-14-15-22(16-24-21)26-23(25)20-12-10-19(11-13-20)18-8-6-17(4-2)7-9-18/h14-20H,3-13H2,1-2H3. The SMILES string of the molecule is CCCc1ccc(OC(=O)C2CCC(C3CCC(CC)CC3)CC2)cn1. The van der Waals surface area contributed by atoms with Crippen molar-refractivity contribution in [1.29, 1.82) is 0 Å². The van der Waals surface area contributed by atoms with Crippen LogP contribution < -0.4 is 4.74 Å². The summed E-state index contributed by atoms with van der Waals surface area (Å²) >= 11 is 0. The van der Waals surface area contributed by atoms with E-state index in [-0.39, 0.29) is 11.9 Å². The number of aromatic nitrogens is 1. The molecule has 0 aliphatic heterocycles. The van der Waals surface area contributed by atoms with Crippen molar-refractivity contribution in [2.45, 2.75) is 84.5 Å². The van der Waals surface area contributed by atoms with E-state index in [1.165, 1.54) is 44.9 Å². The summed E-state index contributed by atoms with van der Waals surface area (Å²) in [5.41, 5.74) is 1.06. The molecule has 2 saturated carbocycles. The molecule has 0 N–H and O–H groups in total. The first kappa shape index (κ1) is 19.4. The minimum Gasteiger partial charge on any atom is -0.425 e. The van der Waals surface area contributed by atoms with Gasteiger partial charge in [0.2, 0.25) is 0 Å². The van der Waals surface area contributed by atoms with Gasteiger partial charge in [0.25, 0.3) is 0 Å². The van der Waals surface area contributed by atoms with Gasteiger partial charge in [0.1, 0.15) is 5.75 Å². The van der Waals surface area contributed by atoms with E-state index in [0.29, 0.717) is 5.75 Å². The summed E-state index contributed by atoms with van der Waals surface area (Å²) in [7, 11) is 0. The van der Waals surface area contributed by atoms with E-state index in [1.54, 1.807) is 6.20 Å². The van der Waals surface area contributed by atoms with Crippen LogP contribution in [0.4, 0.5) is 0 Å². The zero-order chi connectivity index (χ0) is 18.4. The van der Waals surface area contributed by atoms with Gasteiger partial charge in [0, 0.05) is 5.69 Å². The monoisotopic (exact) mass is 357 g/mol. The van der Waals surface area contributed by atoms with Crippen LogP contribution in [0.3, 0.4) is 0 Å². The maximum absolute atomic E-state index is 12.5. The zero-order valence-corrected chi connectivity index (χ0v) is 16.6. The minimum absolute atomic E-state index is 0.0526. The van der Waals surface area contributed by atoms with E-state index in [1.807, 2.05) is 12.1 Å². The van der Waals surface area contributed by atoms with E-state index in [0.717, 1.165) is 49.1 Å². The third kappa shape index (κ3) is 5.08. The van der Waals surface area contributed by atoms with Crippen LogP contribution in [0.2, 0.25) is 0 Å². The van der Waals surface area contributed by atoms with Crippen molar-refractivity contribution in [1.82, 2.24) is 4.98 Å². The van der Waals surface area contributed by atoms with Gasteiger partial charge in [0.15, 0.2) is 0 Å². The second-order valence-electron chi connectivity index (χ2n) is 8.46. The van der Waals surface area contributed by atoms with Crippen LogP contribution >= 0.6 is 0 Å². The van der Waals surface area contributed by atoms with Crippen LogP contribution in [0.5, 0.6) is 5.75 Å². The summed E-state index contributed by atoms with van der Waals surface area (Å²) in [6.07, 6.45) is 15.2. The Morgan fingerprint density at radius 3 is 2.19 bits per heavy atom. The van der Waals surface area contributed by atoms with Crippen molar-refractivity contribution in [3.8, 4) is 5.75 Å². The average Bonchev–Trinajstić information content (AvgIpc) is 2.70. The second kappa shape index (κ2) is 9.53. The third-order valence-corrected chi connectivity index (χ3v) is 6.76. The van der Waals surface area contributed by atoms with Crippen molar-refractivity contribution in [3.05, 3.63) is 24.0 Å². The van der Waals surface area contributed by atoms with Crippen molar-refractivity contribution >= 4 is 5.97 Å². The van der Waals surface area contributed by atoms with Crippen LogP contribution in [-0.4, -0.2) is 11.0 Å². The molecular weight excluding hydrogens is 322 g/mol. The molecule has 0 amide bonds. The normalized spacial score (nSPS) is 29.3. The molecule has 1 aromatic rings. The maximum Gasteiger partial charge on any atom is 0.314 e. The van der Waals surface area contributed by atoms with Crippen LogP contribution in [0.25, 0.3) is 0 Å². The third-order valence-electron chi connectivity index (χ3n) is 6.76. The molecule has 3 heteroatoms. The van der Waals surface area contributed by atoms with Crippen molar-refractivity contribution in [3.63, 3.8) is 0 Å². The summed E-state index contributed by atoms with van der Waals surface area (Å²) in [5, 5.41) is 0. The molecule has 26 heavy (non-hydrogen) atoms. The quantitative estimate of drug-likeness (QED) is 0.589.